The Bertz CT molecular complexity index is 696. The summed E-state index contributed by atoms with van der Waals surface area (Å²) in [6.07, 6.45) is 0.505. The van der Waals surface area contributed by atoms with Gasteiger partial charge in [-0.05, 0) is 62.2 Å². The molecule has 0 bridgehead atoms. The maximum Gasteiger partial charge on any atom is 0.265 e. The summed E-state index contributed by atoms with van der Waals surface area (Å²) >= 11 is 0. The topological polar surface area (TPSA) is 55.4 Å². The van der Waals surface area contributed by atoms with Crippen LogP contribution in [0.2, 0.25) is 0 Å². The van der Waals surface area contributed by atoms with Crippen LogP contribution in [0.3, 0.4) is 0 Å². The van der Waals surface area contributed by atoms with Crippen molar-refractivity contribution >= 4 is 17.4 Å². The third-order valence-electron chi connectivity index (χ3n) is 3.48. The minimum Gasteiger partial charge on any atom is -0.481 e. The van der Waals surface area contributed by atoms with E-state index in [1.165, 1.54) is 24.3 Å². The Morgan fingerprint density at radius 1 is 1.08 bits per heavy atom. The number of benzene rings is 2. The van der Waals surface area contributed by atoms with Crippen LogP contribution in [-0.2, 0) is 16.0 Å². The largest absolute Gasteiger partial charge is 0.481 e. The van der Waals surface area contributed by atoms with Crippen molar-refractivity contribution in [3.63, 3.8) is 0 Å². The molecule has 0 radical (unpaired) electrons. The number of anilines is 1. The first-order chi connectivity index (χ1) is 11.4. The number of rotatable bonds is 7. The summed E-state index contributed by atoms with van der Waals surface area (Å²) < 4.78 is 18.4. The zero-order valence-corrected chi connectivity index (χ0v) is 13.7. The highest BCUT2D eigenvalue weighted by Gasteiger charge is 2.15. The smallest absolute Gasteiger partial charge is 0.265 e. The molecule has 0 aliphatic rings. The third kappa shape index (κ3) is 5.50. The molecule has 0 aliphatic heterocycles. The molecule has 1 unspecified atom stereocenters. The van der Waals surface area contributed by atoms with E-state index in [1.807, 2.05) is 12.1 Å². The van der Waals surface area contributed by atoms with E-state index in [0.717, 1.165) is 5.56 Å². The summed E-state index contributed by atoms with van der Waals surface area (Å²) in [5.74, 6) is 0.0502. The SMILES string of the molecule is CC(=O)CCc1ccc(OC(C)C(=O)Nc2ccc(F)cc2)cc1. The Morgan fingerprint density at radius 2 is 1.71 bits per heavy atom. The van der Waals surface area contributed by atoms with Crippen molar-refractivity contribution in [3.05, 3.63) is 59.9 Å². The lowest BCUT2D eigenvalue weighted by Gasteiger charge is -2.15. The monoisotopic (exact) mass is 329 g/mol. The van der Waals surface area contributed by atoms with E-state index in [9.17, 15) is 14.0 Å². The van der Waals surface area contributed by atoms with Crippen LogP contribution >= 0.6 is 0 Å². The number of hydrogen-bond acceptors (Lipinski definition) is 3. The number of Topliss-reactive ketones (excluding diaryl/α,β-unsaturated/α-hetero) is 1. The molecule has 1 atom stereocenters. The molecule has 4 nitrogen and oxygen atoms in total. The lowest BCUT2D eigenvalue weighted by molar-refractivity contribution is -0.122. The minimum atomic E-state index is -0.696. The lowest BCUT2D eigenvalue weighted by atomic mass is 10.1. The highest BCUT2D eigenvalue weighted by Crippen LogP contribution is 2.16. The molecule has 1 N–H and O–H groups in total. The summed E-state index contributed by atoms with van der Waals surface area (Å²) in [6, 6.07) is 12.8. The van der Waals surface area contributed by atoms with Crippen molar-refractivity contribution in [2.45, 2.75) is 32.8 Å². The number of carbonyl (C=O) groups is 2. The Morgan fingerprint density at radius 3 is 2.29 bits per heavy atom. The molecule has 0 saturated heterocycles. The van der Waals surface area contributed by atoms with E-state index in [4.69, 9.17) is 4.74 Å². The van der Waals surface area contributed by atoms with Crippen molar-refractivity contribution in [1.29, 1.82) is 0 Å². The molecule has 0 saturated carbocycles. The van der Waals surface area contributed by atoms with Gasteiger partial charge in [0.15, 0.2) is 6.10 Å². The predicted octanol–water partition coefficient (Wildman–Crippen LogP) is 3.75. The van der Waals surface area contributed by atoms with Crippen LogP contribution in [0.5, 0.6) is 5.75 Å². The van der Waals surface area contributed by atoms with Gasteiger partial charge in [-0.25, -0.2) is 4.39 Å². The second kappa shape index (κ2) is 8.24. The fourth-order valence-corrected chi connectivity index (χ4v) is 2.09. The number of ether oxygens (including phenoxy) is 1. The van der Waals surface area contributed by atoms with Gasteiger partial charge in [-0.15, -0.1) is 0 Å². The first-order valence-electron chi connectivity index (χ1n) is 7.75. The molecule has 126 valence electrons. The normalized spacial score (nSPS) is 11.6. The molecule has 0 spiro atoms. The van der Waals surface area contributed by atoms with Gasteiger partial charge in [0.1, 0.15) is 17.3 Å². The van der Waals surface area contributed by atoms with Crippen LogP contribution in [0.1, 0.15) is 25.8 Å². The number of ketones is 1. The molecule has 1 amide bonds. The van der Waals surface area contributed by atoms with E-state index in [-0.39, 0.29) is 17.5 Å². The van der Waals surface area contributed by atoms with Crippen molar-refractivity contribution in [2.75, 3.05) is 5.32 Å². The predicted molar refractivity (Wildman–Crippen MR) is 90.6 cm³/mol. The minimum absolute atomic E-state index is 0.154. The van der Waals surface area contributed by atoms with E-state index >= 15 is 0 Å². The fraction of sp³-hybridized carbons (Fsp3) is 0.263. The molecule has 0 aromatic heterocycles. The summed E-state index contributed by atoms with van der Waals surface area (Å²) in [6.45, 7) is 3.21. The van der Waals surface area contributed by atoms with E-state index in [0.29, 0.717) is 24.3 Å². The summed E-state index contributed by atoms with van der Waals surface area (Å²) in [5.41, 5.74) is 1.55. The number of aryl methyl sites for hydroxylation is 1. The number of carbonyl (C=O) groups excluding carboxylic acids is 2. The van der Waals surface area contributed by atoms with Crippen molar-refractivity contribution in [1.82, 2.24) is 0 Å². The molecule has 0 aliphatic carbocycles. The molecule has 24 heavy (non-hydrogen) atoms. The summed E-state index contributed by atoms with van der Waals surface area (Å²) in [5, 5.41) is 2.67. The average molecular weight is 329 g/mol. The Labute approximate surface area is 140 Å². The molecule has 2 rings (SSSR count). The Kier molecular flexibility index (Phi) is 6.07. The van der Waals surface area contributed by atoms with Crippen LogP contribution in [0.25, 0.3) is 0 Å². The van der Waals surface area contributed by atoms with Crippen molar-refractivity contribution in [2.24, 2.45) is 0 Å². The van der Waals surface area contributed by atoms with Crippen LogP contribution in [-0.4, -0.2) is 17.8 Å². The summed E-state index contributed by atoms with van der Waals surface area (Å²) in [7, 11) is 0. The summed E-state index contributed by atoms with van der Waals surface area (Å²) in [4.78, 5) is 23.1. The standard InChI is InChI=1S/C19H20FNO3/c1-13(22)3-4-15-5-11-18(12-6-15)24-14(2)19(23)21-17-9-7-16(20)8-10-17/h5-12,14H,3-4H2,1-2H3,(H,21,23). The molecule has 5 heteroatoms. The Balaban J connectivity index is 1.88. The van der Waals surface area contributed by atoms with Gasteiger partial charge in [0.25, 0.3) is 5.91 Å². The van der Waals surface area contributed by atoms with Crippen molar-refractivity contribution < 1.29 is 18.7 Å². The van der Waals surface area contributed by atoms with Crippen LogP contribution in [0.15, 0.2) is 48.5 Å². The van der Waals surface area contributed by atoms with Crippen LogP contribution < -0.4 is 10.1 Å². The second-order valence-electron chi connectivity index (χ2n) is 5.60. The van der Waals surface area contributed by atoms with Gasteiger partial charge in [0.05, 0.1) is 0 Å². The highest BCUT2D eigenvalue weighted by atomic mass is 19.1. The number of nitrogens with one attached hydrogen (secondary N) is 1. The van der Waals surface area contributed by atoms with Gasteiger partial charge in [-0.3, -0.25) is 4.79 Å². The first kappa shape index (κ1) is 17.7. The molecule has 2 aromatic carbocycles. The van der Waals surface area contributed by atoms with Gasteiger partial charge < -0.3 is 14.8 Å². The van der Waals surface area contributed by atoms with Gasteiger partial charge >= 0.3 is 0 Å². The zero-order valence-electron chi connectivity index (χ0n) is 13.7. The number of amides is 1. The highest BCUT2D eigenvalue weighted by molar-refractivity contribution is 5.94. The van der Waals surface area contributed by atoms with Gasteiger partial charge in [-0.2, -0.15) is 0 Å². The zero-order chi connectivity index (χ0) is 17.5. The first-order valence-corrected chi connectivity index (χ1v) is 7.75. The van der Waals surface area contributed by atoms with Crippen LogP contribution in [0.4, 0.5) is 10.1 Å². The maximum atomic E-state index is 12.8. The van der Waals surface area contributed by atoms with Crippen LogP contribution in [0, 0.1) is 5.82 Å². The Hall–Kier alpha value is -2.69. The molecule has 2 aromatic rings. The fourth-order valence-electron chi connectivity index (χ4n) is 2.09. The average Bonchev–Trinajstić information content (AvgIpc) is 2.56. The number of halogens is 1. The molecule has 0 heterocycles. The number of hydrogen-bond donors (Lipinski definition) is 1. The third-order valence-corrected chi connectivity index (χ3v) is 3.48. The van der Waals surface area contributed by atoms with E-state index in [1.54, 1.807) is 26.0 Å². The van der Waals surface area contributed by atoms with Crippen molar-refractivity contribution in [3.8, 4) is 5.75 Å². The molecule has 0 fully saturated rings. The van der Waals surface area contributed by atoms with Gasteiger partial charge in [0.2, 0.25) is 0 Å². The van der Waals surface area contributed by atoms with Gasteiger partial charge in [0, 0.05) is 12.1 Å². The maximum absolute atomic E-state index is 12.8. The van der Waals surface area contributed by atoms with Gasteiger partial charge in [-0.1, -0.05) is 12.1 Å². The van der Waals surface area contributed by atoms with E-state index < -0.39 is 6.10 Å². The second-order valence-corrected chi connectivity index (χ2v) is 5.60. The molecular formula is C19H20FNO3. The quantitative estimate of drug-likeness (QED) is 0.841. The van der Waals surface area contributed by atoms with E-state index in [2.05, 4.69) is 5.32 Å². The lowest BCUT2D eigenvalue weighted by Crippen LogP contribution is -2.30. The molecular weight excluding hydrogens is 309 g/mol.